The highest BCUT2D eigenvalue weighted by Gasteiger charge is 2.14. The largest absolute Gasteiger partial charge is 0.450 e. The Bertz CT molecular complexity index is 881. The highest BCUT2D eigenvalue weighted by atomic mass is 79.9. The normalized spacial score (nSPS) is 11.5. The highest BCUT2D eigenvalue weighted by Crippen LogP contribution is 2.14. The lowest BCUT2D eigenvalue weighted by Crippen LogP contribution is -2.30. The number of amides is 1. The molecule has 27 heavy (non-hydrogen) atoms. The van der Waals surface area contributed by atoms with Gasteiger partial charge in [0.25, 0.3) is 0 Å². The maximum absolute atomic E-state index is 14.0. The van der Waals surface area contributed by atoms with E-state index < -0.39 is 17.6 Å². The average Bonchev–Trinajstić information content (AvgIpc) is 2.99. The molecule has 0 radical (unpaired) electrons. The SMILES string of the molecule is CCCCOC(=O)NC/C(=C\F)Cn1ncn(-c2ncc(Br)cc2F)c1=O. The van der Waals surface area contributed by atoms with Gasteiger partial charge >= 0.3 is 11.8 Å². The number of carbonyl (C=O) groups is 1. The third kappa shape index (κ3) is 5.71. The van der Waals surface area contributed by atoms with Crippen LogP contribution in [0.15, 0.2) is 39.8 Å². The molecular weight excluding hydrogens is 428 g/mol. The Morgan fingerprint density at radius 2 is 2.26 bits per heavy atom. The van der Waals surface area contributed by atoms with E-state index in [1.807, 2.05) is 6.92 Å². The molecule has 0 saturated carbocycles. The molecule has 11 heteroatoms. The van der Waals surface area contributed by atoms with Crippen molar-refractivity contribution in [1.29, 1.82) is 0 Å². The van der Waals surface area contributed by atoms with Crippen molar-refractivity contribution < 1.29 is 18.3 Å². The molecule has 0 atom stereocenters. The second kappa shape index (κ2) is 9.95. The fourth-order valence-electron chi connectivity index (χ4n) is 2.04. The molecule has 1 N–H and O–H groups in total. The standard InChI is InChI=1S/C16H18BrF2N5O3/c1-2-3-4-27-15(25)21-7-11(6-18)9-24-16(26)23(10-22-24)14-13(19)5-12(17)8-20-14/h5-6,8,10H,2-4,7,9H2,1H3,(H,21,25)/b11-6+. The monoisotopic (exact) mass is 445 g/mol. The Morgan fingerprint density at radius 3 is 2.93 bits per heavy atom. The van der Waals surface area contributed by atoms with Gasteiger partial charge in [-0.3, -0.25) is 0 Å². The summed E-state index contributed by atoms with van der Waals surface area (Å²) in [5, 5.41) is 6.22. The van der Waals surface area contributed by atoms with Gasteiger partial charge in [0.15, 0.2) is 11.6 Å². The summed E-state index contributed by atoms with van der Waals surface area (Å²) in [5.74, 6) is -0.943. The minimum absolute atomic E-state index is 0.0824. The van der Waals surface area contributed by atoms with E-state index in [1.54, 1.807) is 0 Å². The first kappa shape index (κ1) is 20.7. The summed E-state index contributed by atoms with van der Waals surface area (Å²) in [6.07, 6.45) is 3.63. The molecule has 0 aliphatic heterocycles. The second-order valence-electron chi connectivity index (χ2n) is 5.51. The van der Waals surface area contributed by atoms with Crippen molar-refractivity contribution in [3.05, 3.63) is 51.3 Å². The first-order valence-corrected chi connectivity index (χ1v) is 8.90. The minimum atomic E-state index is -0.719. The third-order valence-electron chi connectivity index (χ3n) is 3.45. The van der Waals surface area contributed by atoms with E-state index in [0.717, 1.165) is 34.5 Å². The van der Waals surface area contributed by atoms with Gasteiger partial charge in [-0.25, -0.2) is 32.6 Å². The van der Waals surface area contributed by atoms with Gasteiger partial charge in [-0.2, -0.15) is 5.10 Å². The summed E-state index contributed by atoms with van der Waals surface area (Å²) in [6.45, 7) is 1.84. The van der Waals surface area contributed by atoms with Gasteiger partial charge in [0, 0.05) is 17.2 Å². The quantitative estimate of drug-likeness (QED) is 0.630. The van der Waals surface area contributed by atoms with Gasteiger partial charge < -0.3 is 10.1 Å². The summed E-state index contributed by atoms with van der Waals surface area (Å²) in [7, 11) is 0. The number of carbonyl (C=O) groups excluding carboxylic acids is 1. The van der Waals surface area contributed by atoms with Gasteiger partial charge in [0.05, 0.1) is 19.5 Å². The van der Waals surface area contributed by atoms with E-state index in [0.29, 0.717) is 4.47 Å². The van der Waals surface area contributed by atoms with Crippen molar-refractivity contribution in [2.24, 2.45) is 0 Å². The van der Waals surface area contributed by atoms with Gasteiger partial charge in [0.2, 0.25) is 0 Å². The Kier molecular flexibility index (Phi) is 7.65. The number of halogens is 3. The van der Waals surface area contributed by atoms with Gasteiger partial charge in [-0.15, -0.1) is 0 Å². The van der Waals surface area contributed by atoms with E-state index >= 15 is 0 Å². The number of rotatable bonds is 8. The van der Waals surface area contributed by atoms with Gasteiger partial charge in [0.1, 0.15) is 6.33 Å². The second-order valence-corrected chi connectivity index (χ2v) is 6.43. The van der Waals surface area contributed by atoms with Crippen LogP contribution < -0.4 is 11.0 Å². The summed E-state index contributed by atoms with van der Waals surface area (Å²) >= 11 is 3.08. The first-order valence-electron chi connectivity index (χ1n) is 8.10. The molecule has 0 aliphatic rings. The lowest BCUT2D eigenvalue weighted by atomic mass is 10.3. The van der Waals surface area contributed by atoms with Crippen molar-refractivity contribution in [1.82, 2.24) is 24.6 Å². The number of ether oxygens (including phenoxy) is 1. The Labute approximate surface area is 162 Å². The van der Waals surface area contributed by atoms with Crippen molar-refractivity contribution in [3.63, 3.8) is 0 Å². The smallest absolute Gasteiger partial charge is 0.407 e. The van der Waals surface area contributed by atoms with Crippen LogP contribution in [0.25, 0.3) is 5.82 Å². The summed E-state index contributed by atoms with van der Waals surface area (Å²) in [4.78, 5) is 27.7. The summed E-state index contributed by atoms with van der Waals surface area (Å²) < 4.78 is 34.2. The van der Waals surface area contributed by atoms with Crippen LogP contribution in [0.5, 0.6) is 0 Å². The topological polar surface area (TPSA) is 91.0 Å². The fourth-order valence-corrected chi connectivity index (χ4v) is 2.35. The van der Waals surface area contributed by atoms with Gasteiger partial charge in [-0.1, -0.05) is 13.3 Å². The molecule has 2 aromatic heterocycles. The number of alkyl carbamates (subject to hydrolysis) is 1. The maximum Gasteiger partial charge on any atom is 0.407 e. The Morgan fingerprint density at radius 1 is 1.48 bits per heavy atom. The molecule has 2 rings (SSSR count). The molecule has 1 amide bonds. The van der Waals surface area contributed by atoms with Crippen LogP contribution in [0.1, 0.15) is 19.8 Å². The van der Waals surface area contributed by atoms with Crippen molar-refractivity contribution in [2.45, 2.75) is 26.3 Å². The number of pyridine rings is 1. The number of hydrogen-bond donors (Lipinski definition) is 1. The van der Waals surface area contributed by atoms with E-state index in [2.05, 4.69) is 31.3 Å². The van der Waals surface area contributed by atoms with Crippen LogP contribution in [0.4, 0.5) is 13.6 Å². The zero-order chi connectivity index (χ0) is 19.8. The number of unbranched alkanes of at least 4 members (excludes halogenated alkanes) is 1. The highest BCUT2D eigenvalue weighted by molar-refractivity contribution is 9.10. The third-order valence-corrected chi connectivity index (χ3v) is 3.88. The van der Waals surface area contributed by atoms with Crippen LogP contribution >= 0.6 is 15.9 Å². The minimum Gasteiger partial charge on any atom is -0.450 e. The molecule has 0 bridgehead atoms. The van der Waals surface area contributed by atoms with Gasteiger partial charge in [-0.05, 0) is 34.0 Å². The summed E-state index contributed by atoms with van der Waals surface area (Å²) in [6, 6.07) is 1.16. The van der Waals surface area contributed by atoms with Crippen LogP contribution in [0, 0.1) is 5.82 Å². The Balaban J connectivity index is 2.03. The molecule has 8 nitrogen and oxygen atoms in total. The van der Waals surface area contributed by atoms with Crippen molar-refractivity contribution in [2.75, 3.05) is 13.2 Å². The lowest BCUT2D eigenvalue weighted by Gasteiger charge is -2.08. The van der Waals surface area contributed by atoms with E-state index in [4.69, 9.17) is 4.74 Å². The molecule has 2 aromatic rings. The molecule has 0 aromatic carbocycles. The molecule has 0 fully saturated rings. The van der Waals surface area contributed by atoms with E-state index in [1.165, 1.54) is 6.20 Å². The van der Waals surface area contributed by atoms with Crippen molar-refractivity contribution >= 4 is 22.0 Å². The molecule has 0 saturated heterocycles. The number of aromatic nitrogens is 4. The number of nitrogens with one attached hydrogen (secondary N) is 1. The predicted octanol–water partition coefficient (Wildman–Crippen LogP) is 2.71. The average molecular weight is 446 g/mol. The van der Waals surface area contributed by atoms with E-state index in [9.17, 15) is 18.4 Å². The first-order chi connectivity index (χ1) is 13.0. The fraction of sp³-hybridized carbons (Fsp3) is 0.375. The van der Waals surface area contributed by atoms with Crippen LogP contribution in [0.3, 0.4) is 0 Å². The zero-order valence-corrected chi connectivity index (χ0v) is 16.1. The Hall–Kier alpha value is -2.56. The predicted molar refractivity (Wildman–Crippen MR) is 96.7 cm³/mol. The van der Waals surface area contributed by atoms with Crippen molar-refractivity contribution in [3.8, 4) is 5.82 Å². The zero-order valence-electron chi connectivity index (χ0n) is 14.5. The molecule has 0 unspecified atom stereocenters. The molecule has 2 heterocycles. The number of nitrogens with zero attached hydrogens (tertiary/aromatic N) is 4. The van der Waals surface area contributed by atoms with Crippen LogP contribution in [-0.2, 0) is 11.3 Å². The molecular formula is C16H18BrF2N5O3. The molecule has 0 spiro atoms. The van der Waals surface area contributed by atoms with E-state index in [-0.39, 0.29) is 37.4 Å². The number of hydrogen-bond acceptors (Lipinski definition) is 5. The molecule has 146 valence electrons. The van der Waals surface area contributed by atoms with Crippen LogP contribution in [0.2, 0.25) is 0 Å². The van der Waals surface area contributed by atoms with Crippen LogP contribution in [-0.4, -0.2) is 38.6 Å². The lowest BCUT2D eigenvalue weighted by molar-refractivity contribution is 0.145. The molecule has 0 aliphatic carbocycles. The summed E-state index contributed by atoms with van der Waals surface area (Å²) in [5.41, 5.74) is -0.618. The maximum atomic E-state index is 14.0.